The van der Waals surface area contributed by atoms with Gasteiger partial charge in [-0.1, -0.05) is 6.92 Å². The van der Waals surface area contributed by atoms with Crippen LogP contribution in [0.4, 0.5) is 5.82 Å². The lowest BCUT2D eigenvalue weighted by atomic mass is 10.2. The summed E-state index contributed by atoms with van der Waals surface area (Å²) in [6, 6.07) is 4.32. The van der Waals surface area contributed by atoms with Crippen LogP contribution in [-0.4, -0.2) is 23.6 Å². The van der Waals surface area contributed by atoms with Gasteiger partial charge in [0.2, 0.25) is 0 Å². The number of pyridine rings is 1. The predicted octanol–water partition coefficient (Wildman–Crippen LogP) is 3.29. The first kappa shape index (κ1) is 15.9. The van der Waals surface area contributed by atoms with Gasteiger partial charge >= 0.3 is 0 Å². The van der Waals surface area contributed by atoms with Crippen LogP contribution in [-0.2, 0) is 13.1 Å². The minimum Gasteiger partial charge on any atom is -0.354 e. The highest BCUT2D eigenvalue weighted by Crippen LogP contribution is 2.19. The molecule has 0 aliphatic carbocycles. The van der Waals surface area contributed by atoms with Gasteiger partial charge in [-0.25, -0.2) is 9.97 Å². The highest BCUT2D eigenvalue weighted by molar-refractivity contribution is 7.09. The number of aromatic nitrogens is 2. The Balaban J connectivity index is 2.09. The second-order valence-corrected chi connectivity index (χ2v) is 6.31. The fraction of sp³-hybridized carbons (Fsp3) is 0.500. The Morgan fingerprint density at radius 3 is 2.76 bits per heavy atom. The van der Waals surface area contributed by atoms with E-state index in [2.05, 4.69) is 60.1 Å². The molecule has 0 amide bonds. The summed E-state index contributed by atoms with van der Waals surface area (Å²) >= 11 is 1.70. The van der Waals surface area contributed by atoms with E-state index in [1.54, 1.807) is 11.3 Å². The number of nitrogens with zero attached hydrogens (tertiary/aromatic N) is 3. The van der Waals surface area contributed by atoms with E-state index in [1.165, 1.54) is 10.4 Å². The van der Waals surface area contributed by atoms with Crippen LogP contribution in [0.5, 0.6) is 0 Å². The van der Waals surface area contributed by atoms with E-state index in [1.807, 2.05) is 5.51 Å². The normalized spacial score (nSPS) is 10.9. The molecule has 0 atom stereocenters. The highest BCUT2D eigenvalue weighted by Gasteiger charge is 2.09. The Labute approximate surface area is 131 Å². The van der Waals surface area contributed by atoms with Gasteiger partial charge in [-0.3, -0.25) is 0 Å². The molecule has 2 heterocycles. The summed E-state index contributed by atoms with van der Waals surface area (Å²) in [5.41, 5.74) is 5.37. The third kappa shape index (κ3) is 4.51. The van der Waals surface area contributed by atoms with Gasteiger partial charge in [0, 0.05) is 24.2 Å². The largest absolute Gasteiger partial charge is 0.354 e. The molecule has 0 unspecified atom stereocenters. The summed E-state index contributed by atoms with van der Waals surface area (Å²) in [5, 5.41) is 3.45. The molecule has 0 fully saturated rings. The van der Waals surface area contributed by atoms with E-state index in [0.717, 1.165) is 43.3 Å². The van der Waals surface area contributed by atoms with Gasteiger partial charge < -0.3 is 10.2 Å². The Morgan fingerprint density at radius 1 is 1.29 bits per heavy atom. The zero-order valence-electron chi connectivity index (χ0n) is 13.3. The van der Waals surface area contributed by atoms with E-state index in [0.29, 0.717) is 0 Å². The van der Waals surface area contributed by atoms with Gasteiger partial charge in [0.1, 0.15) is 5.82 Å². The molecule has 5 heteroatoms. The minimum atomic E-state index is 0.856. The topological polar surface area (TPSA) is 41.1 Å². The van der Waals surface area contributed by atoms with Gasteiger partial charge in [-0.15, -0.1) is 11.3 Å². The molecule has 0 saturated carbocycles. The van der Waals surface area contributed by atoms with Crippen molar-refractivity contribution in [2.24, 2.45) is 0 Å². The number of aryl methyl sites for hydroxylation is 2. The maximum Gasteiger partial charge on any atom is 0.129 e. The quantitative estimate of drug-likeness (QED) is 0.797. The van der Waals surface area contributed by atoms with Crippen molar-refractivity contribution in [3.63, 3.8) is 0 Å². The summed E-state index contributed by atoms with van der Waals surface area (Å²) < 4.78 is 0. The number of thiazole rings is 1. The molecule has 0 saturated heterocycles. The molecule has 2 rings (SSSR count). The summed E-state index contributed by atoms with van der Waals surface area (Å²) in [6.45, 7) is 9.10. The van der Waals surface area contributed by atoms with Gasteiger partial charge in [-0.2, -0.15) is 0 Å². The van der Waals surface area contributed by atoms with Crippen LogP contribution in [0.15, 0.2) is 17.6 Å². The Bertz CT molecular complexity index is 579. The summed E-state index contributed by atoms with van der Waals surface area (Å²) in [4.78, 5) is 12.5. The van der Waals surface area contributed by atoms with Gasteiger partial charge in [-0.05, 0) is 44.5 Å². The van der Waals surface area contributed by atoms with Crippen LogP contribution < -0.4 is 10.2 Å². The summed E-state index contributed by atoms with van der Waals surface area (Å²) in [6.07, 6.45) is 1.15. The summed E-state index contributed by atoms with van der Waals surface area (Å²) in [7, 11) is 2.09. The number of anilines is 1. The number of hydrogen-bond donors (Lipinski definition) is 1. The molecule has 1 N–H and O–H groups in total. The van der Waals surface area contributed by atoms with Crippen molar-refractivity contribution in [1.29, 1.82) is 0 Å². The fourth-order valence-corrected chi connectivity index (χ4v) is 3.03. The van der Waals surface area contributed by atoms with Crippen LogP contribution in [0.3, 0.4) is 0 Å². The lowest BCUT2D eigenvalue weighted by molar-refractivity contribution is 0.674. The molecule has 0 radical (unpaired) electrons. The maximum atomic E-state index is 4.65. The lowest BCUT2D eigenvalue weighted by Crippen LogP contribution is -2.19. The van der Waals surface area contributed by atoms with Crippen molar-refractivity contribution in [1.82, 2.24) is 15.3 Å². The monoisotopic (exact) mass is 304 g/mol. The number of nitrogens with one attached hydrogen (secondary N) is 1. The number of hydrogen-bond acceptors (Lipinski definition) is 5. The van der Waals surface area contributed by atoms with Crippen molar-refractivity contribution in [2.45, 2.75) is 40.3 Å². The molecular formula is C16H24N4S. The van der Waals surface area contributed by atoms with E-state index < -0.39 is 0 Å². The van der Waals surface area contributed by atoms with Crippen LogP contribution in [0.25, 0.3) is 0 Å². The van der Waals surface area contributed by atoms with Crippen molar-refractivity contribution < 1.29 is 0 Å². The van der Waals surface area contributed by atoms with Crippen LogP contribution >= 0.6 is 11.3 Å². The minimum absolute atomic E-state index is 0.856. The van der Waals surface area contributed by atoms with Crippen molar-refractivity contribution >= 4 is 17.2 Å². The van der Waals surface area contributed by atoms with E-state index in [9.17, 15) is 0 Å². The van der Waals surface area contributed by atoms with Crippen molar-refractivity contribution in [3.05, 3.63) is 39.5 Å². The molecular weight excluding hydrogens is 280 g/mol. The Hall–Kier alpha value is -1.46. The third-order valence-corrected chi connectivity index (χ3v) is 4.29. The van der Waals surface area contributed by atoms with Gasteiger partial charge in [0.15, 0.2) is 0 Å². The molecule has 0 aliphatic rings. The Kier molecular flexibility index (Phi) is 5.70. The first-order valence-corrected chi connectivity index (χ1v) is 8.26. The zero-order chi connectivity index (χ0) is 15.2. The molecule has 21 heavy (non-hydrogen) atoms. The number of rotatable bonds is 7. The molecule has 0 aliphatic heterocycles. The van der Waals surface area contributed by atoms with Crippen LogP contribution in [0.1, 0.15) is 35.2 Å². The smallest absolute Gasteiger partial charge is 0.129 e. The second kappa shape index (κ2) is 7.52. The fourth-order valence-electron chi connectivity index (χ4n) is 2.20. The van der Waals surface area contributed by atoms with Crippen LogP contribution in [0.2, 0.25) is 0 Å². The molecule has 0 spiro atoms. The summed E-state index contributed by atoms with van der Waals surface area (Å²) in [5.74, 6) is 1.02. The maximum absolute atomic E-state index is 4.65. The average Bonchev–Trinajstić information content (AvgIpc) is 2.84. The second-order valence-electron chi connectivity index (χ2n) is 5.37. The van der Waals surface area contributed by atoms with Gasteiger partial charge in [0.05, 0.1) is 17.7 Å². The molecule has 4 nitrogen and oxygen atoms in total. The molecule has 0 aromatic carbocycles. The third-order valence-electron chi connectivity index (χ3n) is 3.37. The predicted molar refractivity (Wildman–Crippen MR) is 89.9 cm³/mol. The molecule has 114 valence electrons. The highest BCUT2D eigenvalue weighted by atomic mass is 32.1. The standard InChI is InChI=1S/C16H24N4S/c1-5-6-17-9-14-7-12(2)19-16(8-14)20(4)10-15-13(3)18-11-21-15/h7-8,11,17H,5-6,9-10H2,1-4H3. The Morgan fingerprint density at radius 2 is 2.10 bits per heavy atom. The lowest BCUT2D eigenvalue weighted by Gasteiger charge is -2.19. The van der Waals surface area contributed by atoms with Gasteiger partial charge in [0.25, 0.3) is 0 Å². The SMILES string of the molecule is CCCNCc1cc(C)nc(N(C)Cc2scnc2C)c1. The molecule has 2 aromatic rings. The van der Waals surface area contributed by atoms with E-state index >= 15 is 0 Å². The van der Waals surface area contributed by atoms with Crippen LogP contribution in [0, 0.1) is 13.8 Å². The van der Waals surface area contributed by atoms with Crippen molar-refractivity contribution in [3.8, 4) is 0 Å². The average molecular weight is 304 g/mol. The molecule has 2 aromatic heterocycles. The van der Waals surface area contributed by atoms with E-state index in [4.69, 9.17) is 0 Å². The van der Waals surface area contributed by atoms with E-state index in [-0.39, 0.29) is 0 Å². The van der Waals surface area contributed by atoms with Crippen molar-refractivity contribution in [2.75, 3.05) is 18.5 Å². The first-order valence-electron chi connectivity index (χ1n) is 7.38. The zero-order valence-corrected chi connectivity index (χ0v) is 14.1. The first-order chi connectivity index (χ1) is 10.1. The molecule has 0 bridgehead atoms.